The van der Waals surface area contributed by atoms with Gasteiger partial charge < -0.3 is 11.1 Å². The van der Waals surface area contributed by atoms with E-state index in [2.05, 4.69) is 10.3 Å². The van der Waals surface area contributed by atoms with Crippen molar-refractivity contribution in [2.24, 2.45) is 5.73 Å². The van der Waals surface area contributed by atoms with Gasteiger partial charge in [-0.05, 0) is 24.7 Å². The van der Waals surface area contributed by atoms with Gasteiger partial charge >= 0.3 is 0 Å². The minimum Gasteiger partial charge on any atom is -0.330 e. The van der Waals surface area contributed by atoms with Crippen LogP contribution in [0.4, 0.5) is 10.1 Å². The van der Waals surface area contributed by atoms with Crippen LogP contribution in [0.3, 0.4) is 0 Å². The highest BCUT2D eigenvalue weighted by molar-refractivity contribution is 7.09. The number of nitrogens with zero attached hydrogens (tertiary/aromatic N) is 2. The van der Waals surface area contributed by atoms with Crippen LogP contribution in [0.15, 0.2) is 23.6 Å². The topological polar surface area (TPSA) is 91.8 Å². The number of aromatic nitrogens is 1. The van der Waals surface area contributed by atoms with Gasteiger partial charge in [-0.3, -0.25) is 4.79 Å². The lowest BCUT2D eigenvalue weighted by Crippen LogP contribution is -2.13. The highest BCUT2D eigenvalue weighted by Gasteiger charge is 2.12. The zero-order chi connectivity index (χ0) is 14.5. The van der Waals surface area contributed by atoms with Crippen LogP contribution in [0, 0.1) is 17.1 Å². The lowest BCUT2D eigenvalue weighted by molar-refractivity contribution is 0.102. The van der Waals surface area contributed by atoms with Crippen molar-refractivity contribution in [1.82, 2.24) is 4.98 Å². The molecule has 102 valence electrons. The predicted molar refractivity (Wildman–Crippen MR) is 73.9 cm³/mol. The molecule has 1 heterocycles. The molecule has 0 saturated heterocycles. The second kappa shape index (κ2) is 6.23. The summed E-state index contributed by atoms with van der Waals surface area (Å²) in [6, 6.07) is 5.52. The smallest absolute Gasteiger partial charge is 0.275 e. The van der Waals surface area contributed by atoms with Gasteiger partial charge in [-0.1, -0.05) is 0 Å². The molecule has 20 heavy (non-hydrogen) atoms. The Hall–Kier alpha value is -2.30. The molecular weight excluding hydrogens is 279 g/mol. The monoisotopic (exact) mass is 290 g/mol. The van der Waals surface area contributed by atoms with Crippen LogP contribution < -0.4 is 11.1 Å². The van der Waals surface area contributed by atoms with E-state index in [0.29, 0.717) is 18.7 Å². The van der Waals surface area contributed by atoms with E-state index in [0.717, 1.165) is 11.1 Å². The first-order valence-electron chi connectivity index (χ1n) is 5.79. The Morgan fingerprint density at radius 3 is 3.05 bits per heavy atom. The summed E-state index contributed by atoms with van der Waals surface area (Å²) >= 11 is 1.36. The van der Waals surface area contributed by atoms with Crippen LogP contribution >= 0.6 is 11.3 Å². The third-order valence-corrected chi connectivity index (χ3v) is 3.40. The minimum absolute atomic E-state index is 0.120. The second-order valence-electron chi connectivity index (χ2n) is 3.93. The van der Waals surface area contributed by atoms with Crippen molar-refractivity contribution in [3.63, 3.8) is 0 Å². The first-order chi connectivity index (χ1) is 9.63. The van der Waals surface area contributed by atoms with E-state index in [1.165, 1.54) is 23.5 Å². The van der Waals surface area contributed by atoms with Gasteiger partial charge in [0, 0.05) is 17.5 Å². The molecule has 5 nitrogen and oxygen atoms in total. The molecule has 0 aliphatic rings. The third-order valence-electron chi connectivity index (χ3n) is 2.49. The van der Waals surface area contributed by atoms with Crippen LogP contribution in [-0.2, 0) is 6.42 Å². The molecule has 3 N–H and O–H groups in total. The number of rotatable bonds is 4. The zero-order valence-corrected chi connectivity index (χ0v) is 11.2. The number of carbonyl (C=O) groups is 1. The number of amides is 1. The first-order valence-corrected chi connectivity index (χ1v) is 6.67. The molecule has 0 fully saturated rings. The van der Waals surface area contributed by atoms with Crippen molar-refractivity contribution in [2.75, 3.05) is 11.9 Å². The summed E-state index contributed by atoms with van der Waals surface area (Å²) in [5.74, 6) is -1.02. The SMILES string of the molecule is N#Cc1cc(NC(=O)c2csc(CCN)n2)ccc1F. The summed E-state index contributed by atoms with van der Waals surface area (Å²) < 4.78 is 13.2. The summed E-state index contributed by atoms with van der Waals surface area (Å²) in [6.45, 7) is 0.470. The fourth-order valence-corrected chi connectivity index (χ4v) is 2.33. The average Bonchev–Trinajstić information content (AvgIpc) is 2.90. The van der Waals surface area contributed by atoms with E-state index in [4.69, 9.17) is 11.0 Å². The number of benzene rings is 1. The number of nitriles is 1. The Labute approximate surface area is 118 Å². The molecule has 1 aromatic heterocycles. The normalized spacial score (nSPS) is 10.1. The van der Waals surface area contributed by atoms with Crippen molar-refractivity contribution in [3.8, 4) is 6.07 Å². The van der Waals surface area contributed by atoms with Crippen LogP contribution in [0.5, 0.6) is 0 Å². The van der Waals surface area contributed by atoms with E-state index in [9.17, 15) is 9.18 Å². The number of nitrogens with one attached hydrogen (secondary N) is 1. The van der Waals surface area contributed by atoms with E-state index >= 15 is 0 Å². The molecule has 0 saturated carbocycles. The minimum atomic E-state index is -0.621. The van der Waals surface area contributed by atoms with Gasteiger partial charge in [0.05, 0.1) is 10.6 Å². The van der Waals surface area contributed by atoms with Crippen LogP contribution in [-0.4, -0.2) is 17.4 Å². The van der Waals surface area contributed by atoms with Gasteiger partial charge in [0.2, 0.25) is 0 Å². The van der Waals surface area contributed by atoms with Crippen molar-refractivity contribution in [2.45, 2.75) is 6.42 Å². The molecule has 0 spiro atoms. The van der Waals surface area contributed by atoms with Gasteiger partial charge in [-0.2, -0.15) is 5.26 Å². The standard InChI is InChI=1S/C13H11FN4OS/c14-10-2-1-9(5-8(10)6-16)17-13(19)11-7-20-12(18-11)3-4-15/h1-2,5,7H,3-4,15H2,(H,17,19). The number of nitrogens with two attached hydrogens (primary N) is 1. The van der Waals surface area contributed by atoms with Crippen molar-refractivity contribution < 1.29 is 9.18 Å². The van der Waals surface area contributed by atoms with E-state index in [1.54, 1.807) is 11.4 Å². The molecule has 0 bridgehead atoms. The maximum Gasteiger partial charge on any atom is 0.275 e. The summed E-state index contributed by atoms with van der Waals surface area (Å²) in [4.78, 5) is 16.1. The molecule has 0 atom stereocenters. The van der Waals surface area contributed by atoms with Crippen molar-refractivity contribution in [1.29, 1.82) is 5.26 Å². The van der Waals surface area contributed by atoms with Crippen molar-refractivity contribution in [3.05, 3.63) is 45.7 Å². The summed E-state index contributed by atoms with van der Waals surface area (Å²) in [7, 11) is 0. The molecule has 0 unspecified atom stereocenters. The molecule has 0 aliphatic carbocycles. The number of hydrogen-bond acceptors (Lipinski definition) is 5. The maximum absolute atomic E-state index is 13.2. The number of halogens is 1. The largest absolute Gasteiger partial charge is 0.330 e. The zero-order valence-electron chi connectivity index (χ0n) is 10.4. The Morgan fingerprint density at radius 2 is 2.35 bits per heavy atom. The van der Waals surface area contributed by atoms with Gasteiger partial charge in [-0.25, -0.2) is 9.37 Å². The first kappa shape index (κ1) is 14.1. The number of thiazole rings is 1. The number of carbonyl (C=O) groups excluding carboxylic acids is 1. The predicted octanol–water partition coefficient (Wildman–Crippen LogP) is 1.91. The van der Waals surface area contributed by atoms with Crippen molar-refractivity contribution >= 4 is 22.9 Å². The Bertz CT molecular complexity index is 677. The van der Waals surface area contributed by atoms with Gasteiger partial charge in [-0.15, -0.1) is 11.3 Å². The summed E-state index contributed by atoms with van der Waals surface area (Å²) in [5.41, 5.74) is 5.92. The Morgan fingerprint density at radius 1 is 1.55 bits per heavy atom. The Kier molecular flexibility index (Phi) is 4.40. The molecule has 2 aromatic rings. The number of hydrogen-bond donors (Lipinski definition) is 2. The highest BCUT2D eigenvalue weighted by Crippen LogP contribution is 2.16. The molecule has 0 radical (unpaired) electrons. The fraction of sp³-hybridized carbons (Fsp3) is 0.154. The molecule has 1 aromatic carbocycles. The van der Waals surface area contributed by atoms with E-state index in [1.807, 2.05) is 0 Å². The quantitative estimate of drug-likeness (QED) is 0.899. The molecule has 2 rings (SSSR count). The van der Waals surface area contributed by atoms with Crippen LogP contribution in [0.1, 0.15) is 21.1 Å². The maximum atomic E-state index is 13.2. The summed E-state index contributed by atoms with van der Waals surface area (Å²) in [5, 5.41) is 13.7. The lowest BCUT2D eigenvalue weighted by Gasteiger charge is -2.03. The second-order valence-corrected chi connectivity index (χ2v) is 4.87. The number of anilines is 1. The van der Waals surface area contributed by atoms with Gasteiger partial charge in [0.25, 0.3) is 5.91 Å². The Balaban J connectivity index is 2.13. The molecule has 1 amide bonds. The van der Waals surface area contributed by atoms with E-state index < -0.39 is 11.7 Å². The van der Waals surface area contributed by atoms with Gasteiger partial charge in [0.15, 0.2) is 0 Å². The highest BCUT2D eigenvalue weighted by atomic mass is 32.1. The summed E-state index contributed by atoms with van der Waals surface area (Å²) in [6.07, 6.45) is 0.618. The van der Waals surface area contributed by atoms with Gasteiger partial charge in [0.1, 0.15) is 17.6 Å². The molecule has 7 heteroatoms. The lowest BCUT2D eigenvalue weighted by atomic mass is 10.2. The fourth-order valence-electron chi connectivity index (χ4n) is 1.54. The average molecular weight is 290 g/mol. The molecule has 0 aliphatic heterocycles. The van der Waals surface area contributed by atoms with Crippen LogP contribution in [0.25, 0.3) is 0 Å². The third kappa shape index (κ3) is 3.17. The molecular formula is C13H11FN4OS. The van der Waals surface area contributed by atoms with Crippen LogP contribution in [0.2, 0.25) is 0 Å². The van der Waals surface area contributed by atoms with E-state index in [-0.39, 0.29) is 11.3 Å².